The van der Waals surface area contributed by atoms with Gasteiger partial charge < -0.3 is 25.4 Å². The average molecular weight is 464 g/mol. The lowest BCUT2D eigenvalue weighted by Crippen LogP contribution is -2.56. The van der Waals surface area contributed by atoms with Crippen LogP contribution >= 0.6 is 0 Å². The molecule has 11 nitrogen and oxygen atoms in total. The fourth-order valence-electron chi connectivity index (χ4n) is 4.35. The van der Waals surface area contributed by atoms with Gasteiger partial charge in [-0.25, -0.2) is 9.97 Å². The summed E-state index contributed by atoms with van der Waals surface area (Å²) in [5.74, 6) is 1.46. The molecule has 0 saturated carbocycles. The first-order valence-electron chi connectivity index (χ1n) is 11.2. The number of allylic oxidation sites excluding steroid dienone is 1. The summed E-state index contributed by atoms with van der Waals surface area (Å²) in [7, 11) is 0. The normalized spacial score (nSPS) is 15.5. The Hall–Kier alpha value is -4.77. The summed E-state index contributed by atoms with van der Waals surface area (Å²) in [6, 6.07) is 2.08. The minimum atomic E-state index is 0.193. The Bertz CT molecular complexity index is 1710. The standard InChI is InChI=1S/C24H20N10O/c25-14-10-34(11-14)21-9-27-7-19(29-21)18-2-1-17-16(6-28-18)23(33-32-17)24-30-20-8-26-5-15(22(20)31-24)13-3-4-35-12-13/h1-9,12,14,28,32H,10-11,25H2,(H,30,31). The summed E-state index contributed by atoms with van der Waals surface area (Å²) in [6.07, 6.45) is 16.2. The van der Waals surface area contributed by atoms with Gasteiger partial charge in [-0.1, -0.05) is 0 Å². The van der Waals surface area contributed by atoms with E-state index < -0.39 is 0 Å². The number of rotatable bonds is 4. The van der Waals surface area contributed by atoms with Crippen LogP contribution in [0.3, 0.4) is 0 Å². The lowest BCUT2D eigenvalue weighted by Gasteiger charge is -2.37. The highest BCUT2D eigenvalue weighted by molar-refractivity contribution is 5.92. The molecule has 35 heavy (non-hydrogen) atoms. The van der Waals surface area contributed by atoms with Crippen molar-refractivity contribution in [3.8, 4) is 22.6 Å². The van der Waals surface area contributed by atoms with E-state index in [1.165, 1.54) is 0 Å². The number of anilines is 1. The molecule has 0 spiro atoms. The van der Waals surface area contributed by atoms with Crippen molar-refractivity contribution in [3.63, 3.8) is 0 Å². The van der Waals surface area contributed by atoms with Gasteiger partial charge in [-0.15, -0.1) is 0 Å². The number of hydrogen-bond acceptors (Lipinski definition) is 9. The maximum absolute atomic E-state index is 5.92. The van der Waals surface area contributed by atoms with E-state index in [2.05, 4.69) is 35.4 Å². The summed E-state index contributed by atoms with van der Waals surface area (Å²) in [5.41, 5.74) is 11.6. The molecule has 0 unspecified atom stereocenters. The number of nitrogens with two attached hydrogens (primary N) is 1. The number of furan rings is 1. The number of H-pyrrole nitrogens is 2. The minimum Gasteiger partial charge on any atom is -0.472 e. The SMILES string of the molecule is NC1CN(c2cncc(C3=CC=c4[nH]nc(-c5nc6c(-c7ccoc7)cncc6[nH]5)c4=CN3)n2)C1. The fraction of sp³-hybridized carbons (Fsp3) is 0.125. The third kappa shape index (κ3) is 3.28. The fourth-order valence-corrected chi connectivity index (χ4v) is 4.35. The highest BCUT2D eigenvalue weighted by Gasteiger charge is 2.25. The first-order chi connectivity index (χ1) is 17.2. The van der Waals surface area contributed by atoms with Gasteiger partial charge >= 0.3 is 0 Å². The van der Waals surface area contributed by atoms with E-state index in [-0.39, 0.29) is 6.04 Å². The predicted molar refractivity (Wildman–Crippen MR) is 131 cm³/mol. The summed E-state index contributed by atoms with van der Waals surface area (Å²) >= 11 is 0. The van der Waals surface area contributed by atoms with E-state index in [0.29, 0.717) is 11.5 Å². The van der Waals surface area contributed by atoms with E-state index in [9.17, 15) is 0 Å². The van der Waals surface area contributed by atoms with Crippen molar-refractivity contribution in [2.45, 2.75) is 6.04 Å². The lowest BCUT2D eigenvalue weighted by atomic mass is 10.1. The largest absolute Gasteiger partial charge is 0.472 e. The number of aromatic nitrogens is 7. The predicted octanol–water partition coefficient (Wildman–Crippen LogP) is 0.708. The number of aromatic amines is 2. The number of nitrogens with one attached hydrogen (secondary N) is 3. The van der Waals surface area contributed by atoms with Gasteiger partial charge in [0.2, 0.25) is 0 Å². The summed E-state index contributed by atoms with van der Waals surface area (Å²) in [4.78, 5) is 23.8. The van der Waals surface area contributed by atoms with E-state index in [4.69, 9.17) is 20.1 Å². The molecule has 7 heterocycles. The highest BCUT2D eigenvalue weighted by Crippen LogP contribution is 2.28. The molecule has 0 aromatic carbocycles. The van der Waals surface area contributed by atoms with Crippen molar-refractivity contribution >= 4 is 34.8 Å². The first kappa shape index (κ1) is 19.7. The topological polar surface area (TPSA) is 150 Å². The Morgan fingerprint density at radius 1 is 1.06 bits per heavy atom. The average Bonchev–Trinajstić information content (AvgIpc) is 3.59. The smallest absolute Gasteiger partial charge is 0.159 e. The van der Waals surface area contributed by atoms with Gasteiger partial charge in [-0.3, -0.25) is 15.1 Å². The molecule has 2 aliphatic heterocycles. The number of nitrogens with zero attached hydrogens (tertiary/aromatic N) is 6. The first-order valence-corrected chi connectivity index (χ1v) is 11.2. The van der Waals surface area contributed by atoms with Gasteiger partial charge in [0, 0.05) is 47.9 Å². The van der Waals surface area contributed by atoms with Crippen LogP contribution in [-0.4, -0.2) is 54.2 Å². The van der Waals surface area contributed by atoms with Crippen LogP contribution in [0, 0.1) is 0 Å². The zero-order valence-corrected chi connectivity index (χ0v) is 18.4. The molecule has 0 aliphatic carbocycles. The molecular weight excluding hydrogens is 444 g/mol. The molecule has 5 aromatic rings. The maximum atomic E-state index is 5.92. The zero-order chi connectivity index (χ0) is 23.4. The third-order valence-electron chi connectivity index (χ3n) is 6.20. The number of pyridine rings is 1. The molecule has 7 rings (SSSR count). The van der Waals surface area contributed by atoms with Crippen LogP contribution in [0.5, 0.6) is 0 Å². The van der Waals surface area contributed by atoms with Crippen LogP contribution in [0.25, 0.3) is 51.7 Å². The Morgan fingerprint density at radius 3 is 2.83 bits per heavy atom. The summed E-state index contributed by atoms with van der Waals surface area (Å²) in [5, 5.41) is 12.7. The molecule has 11 heteroatoms. The number of hydrogen-bond donors (Lipinski definition) is 4. The third-order valence-corrected chi connectivity index (χ3v) is 6.20. The summed E-state index contributed by atoms with van der Waals surface area (Å²) < 4.78 is 5.24. The van der Waals surface area contributed by atoms with Crippen molar-refractivity contribution < 1.29 is 4.42 Å². The van der Waals surface area contributed by atoms with Gasteiger partial charge in [0.05, 0.1) is 47.7 Å². The van der Waals surface area contributed by atoms with Gasteiger partial charge in [-0.05, 0) is 18.2 Å². The van der Waals surface area contributed by atoms with Crippen LogP contribution in [0.2, 0.25) is 0 Å². The van der Waals surface area contributed by atoms with Crippen molar-refractivity contribution in [3.05, 3.63) is 65.7 Å². The molecule has 2 aliphatic rings. The number of fused-ring (bicyclic) bond motifs is 2. The monoisotopic (exact) mass is 464 g/mol. The molecule has 0 bridgehead atoms. The molecule has 0 atom stereocenters. The van der Waals surface area contributed by atoms with E-state index in [0.717, 1.165) is 63.0 Å². The van der Waals surface area contributed by atoms with Gasteiger partial charge in [0.1, 0.15) is 22.7 Å². The van der Waals surface area contributed by atoms with Crippen molar-refractivity contribution in [1.29, 1.82) is 0 Å². The second-order valence-corrected chi connectivity index (χ2v) is 8.54. The van der Waals surface area contributed by atoms with Gasteiger partial charge in [-0.2, -0.15) is 5.10 Å². The summed E-state index contributed by atoms with van der Waals surface area (Å²) in [6.45, 7) is 1.58. The molecular formula is C24H20N10O. The highest BCUT2D eigenvalue weighted by atomic mass is 16.3. The van der Waals surface area contributed by atoms with Crippen LogP contribution in [-0.2, 0) is 0 Å². The van der Waals surface area contributed by atoms with E-state index in [1.54, 1.807) is 37.3 Å². The molecule has 5 aromatic heterocycles. The second-order valence-electron chi connectivity index (χ2n) is 8.54. The Morgan fingerprint density at radius 2 is 1.97 bits per heavy atom. The second kappa shape index (κ2) is 7.64. The molecule has 5 N–H and O–H groups in total. The quantitative estimate of drug-likeness (QED) is 0.301. The van der Waals surface area contributed by atoms with E-state index >= 15 is 0 Å². The van der Waals surface area contributed by atoms with Crippen LogP contribution in [0.15, 0.2) is 53.9 Å². The maximum Gasteiger partial charge on any atom is 0.159 e. The Balaban J connectivity index is 1.24. The molecule has 172 valence electrons. The Labute approximate surface area is 198 Å². The Kier molecular flexibility index (Phi) is 4.29. The van der Waals surface area contributed by atoms with E-state index in [1.807, 2.05) is 24.4 Å². The molecule has 0 amide bonds. The molecule has 1 fully saturated rings. The van der Waals surface area contributed by atoms with Gasteiger partial charge in [0.25, 0.3) is 0 Å². The van der Waals surface area contributed by atoms with Crippen molar-refractivity contribution in [1.82, 2.24) is 40.4 Å². The molecule has 1 saturated heterocycles. The van der Waals surface area contributed by atoms with Crippen LogP contribution in [0.1, 0.15) is 5.69 Å². The van der Waals surface area contributed by atoms with Crippen LogP contribution in [0.4, 0.5) is 5.82 Å². The zero-order valence-electron chi connectivity index (χ0n) is 18.4. The van der Waals surface area contributed by atoms with Crippen molar-refractivity contribution in [2.75, 3.05) is 18.0 Å². The lowest BCUT2D eigenvalue weighted by molar-refractivity contribution is 0.513. The molecule has 0 radical (unpaired) electrons. The van der Waals surface area contributed by atoms with Crippen molar-refractivity contribution in [2.24, 2.45) is 5.73 Å². The van der Waals surface area contributed by atoms with Crippen LogP contribution < -0.4 is 26.5 Å². The number of imidazole rings is 1. The minimum absolute atomic E-state index is 0.193. The van der Waals surface area contributed by atoms with Gasteiger partial charge in [0.15, 0.2) is 5.82 Å².